The molecule has 6 aromatic rings. The Morgan fingerprint density at radius 3 is 2.74 bits per heavy atom. The summed E-state index contributed by atoms with van der Waals surface area (Å²) >= 11 is 5.14. The fraction of sp³-hybridized carbons (Fsp3) is 0.0400. The summed E-state index contributed by atoms with van der Waals surface area (Å²) < 4.78 is 14.5. The molecule has 7 nitrogen and oxygen atoms in total. The van der Waals surface area contributed by atoms with Crippen molar-refractivity contribution in [1.82, 2.24) is 19.6 Å². The van der Waals surface area contributed by atoms with Crippen LogP contribution in [-0.4, -0.2) is 19.6 Å². The van der Waals surface area contributed by atoms with Crippen LogP contribution in [0.5, 0.6) is 11.6 Å². The Morgan fingerprint density at radius 1 is 1.03 bits per heavy atom. The van der Waals surface area contributed by atoms with Crippen LogP contribution in [-0.2, 0) is 0 Å². The predicted octanol–water partition coefficient (Wildman–Crippen LogP) is 6.01. The van der Waals surface area contributed by atoms with Gasteiger partial charge in [0.1, 0.15) is 11.9 Å². The molecular weight excluding hydrogens is 516 g/mol. The molecule has 0 fully saturated rings. The van der Waals surface area contributed by atoms with Crippen LogP contribution in [0.1, 0.15) is 22.6 Å². The molecule has 2 aromatic carbocycles. The summed E-state index contributed by atoms with van der Waals surface area (Å²) in [6, 6.07) is 17.1. The third kappa shape index (κ3) is 2.80. The van der Waals surface area contributed by atoms with Crippen LogP contribution in [0, 0.1) is 0 Å². The maximum Gasteiger partial charge on any atom is 0.344 e. The number of para-hydroxylation sites is 1. The van der Waals surface area contributed by atoms with Crippen molar-refractivity contribution in [3.05, 3.63) is 103 Å². The molecular formula is C25H13BrN4O3S. The minimum absolute atomic E-state index is 0.401. The number of rotatable bonds is 2. The van der Waals surface area contributed by atoms with Crippen molar-refractivity contribution >= 4 is 43.9 Å². The van der Waals surface area contributed by atoms with E-state index in [0.29, 0.717) is 39.8 Å². The van der Waals surface area contributed by atoms with E-state index in [9.17, 15) is 4.79 Å². The molecule has 0 saturated carbocycles. The van der Waals surface area contributed by atoms with E-state index in [1.165, 1.54) is 0 Å². The van der Waals surface area contributed by atoms with Gasteiger partial charge in [-0.25, -0.2) is 19.3 Å². The average Bonchev–Trinajstić information content (AvgIpc) is 3.53. The standard InChI is InChI=1S/C25H13BrN4O3S/c26-16-7-3-1-5-14(16)22-28-23-20-18(13-9-10-34-11-13)19-21(33-24(20)27-12-30(23)29-22)15-6-2-4-8-17(15)32-25(19)31/h1-12,18H. The molecule has 1 aliphatic rings. The van der Waals surface area contributed by atoms with Gasteiger partial charge >= 0.3 is 5.63 Å². The number of aromatic nitrogens is 4. The van der Waals surface area contributed by atoms with Gasteiger partial charge in [0.2, 0.25) is 5.88 Å². The maximum absolute atomic E-state index is 13.3. The molecule has 1 aliphatic heterocycles. The normalized spacial score (nSPS) is 14.7. The maximum atomic E-state index is 13.3. The number of nitrogens with zero attached hydrogens (tertiary/aromatic N) is 4. The number of hydrogen-bond donors (Lipinski definition) is 0. The van der Waals surface area contributed by atoms with E-state index in [4.69, 9.17) is 14.1 Å². The second kappa shape index (κ2) is 7.34. The lowest BCUT2D eigenvalue weighted by Gasteiger charge is -2.26. The summed E-state index contributed by atoms with van der Waals surface area (Å²) in [5.41, 5.74) is 3.52. The van der Waals surface area contributed by atoms with Gasteiger partial charge < -0.3 is 9.15 Å². The number of benzene rings is 2. The van der Waals surface area contributed by atoms with E-state index in [2.05, 4.69) is 26.0 Å². The van der Waals surface area contributed by atoms with Crippen LogP contribution in [0.2, 0.25) is 0 Å². The minimum Gasteiger partial charge on any atom is -0.437 e. The second-order valence-corrected chi connectivity index (χ2v) is 9.50. The monoisotopic (exact) mass is 528 g/mol. The zero-order valence-electron chi connectivity index (χ0n) is 17.3. The third-order valence-corrected chi connectivity index (χ3v) is 7.35. The third-order valence-electron chi connectivity index (χ3n) is 5.95. The van der Waals surface area contributed by atoms with E-state index in [1.807, 2.05) is 59.3 Å². The summed E-state index contributed by atoms with van der Waals surface area (Å²) in [4.78, 5) is 22.7. The average molecular weight is 529 g/mol. The molecule has 0 spiro atoms. The first-order valence-electron chi connectivity index (χ1n) is 10.4. The lowest BCUT2D eigenvalue weighted by molar-refractivity contribution is 0.422. The molecule has 0 saturated heterocycles. The smallest absolute Gasteiger partial charge is 0.344 e. The van der Waals surface area contributed by atoms with Crippen molar-refractivity contribution in [3.63, 3.8) is 0 Å². The van der Waals surface area contributed by atoms with Crippen LogP contribution >= 0.6 is 27.3 Å². The second-order valence-electron chi connectivity index (χ2n) is 7.87. The molecule has 5 heterocycles. The van der Waals surface area contributed by atoms with Crippen molar-refractivity contribution in [3.8, 4) is 23.0 Å². The molecule has 0 amide bonds. The van der Waals surface area contributed by atoms with E-state index in [1.54, 1.807) is 28.2 Å². The zero-order chi connectivity index (χ0) is 22.8. The summed E-state index contributed by atoms with van der Waals surface area (Å²) in [5.74, 6) is 0.956. The Hall–Kier alpha value is -3.82. The minimum atomic E-state index is -0.460. The first-order valence-corrected chi connectivity index (χ1v) is 12.2. The number of fused-ring (bicyclic) bond motifs is 6. The fourth-order valence-corrected chi connectivity index (χ4v) is 5.61. The van der Waals surface area contributed by atoms with Crippen LogP contribution in [0.3, 0.4) is 0 Å². The van der Waals surface area contributed by atoms with E-state index in [-0.39, 0.29) is 0 Å². The van der Waals surface area contributed by atoms with Crippen molar-refractivity contribution < 1.29 is 9.15 Å². The Kier molecular flexibility index (Phi) is 4.24. The van der Waals surface area contributed by atoms with Gasteiger partial charge in [0, 0.05) is 10.0 Å². The Balaban J connectivity index is 1.55. The number of halogens is 1. The van der Waals surface area contributed by atoms with Gasteiger partial charge in [-0.3, -0.25) is 0 Å². The van der Waals surface area contributed by atoms with Crippen LogP contribution in [0.15, 0.2) is 85.4 Å². The molecule has 1 atom stereocenters. The number of hydrogen-bond acceptors (Lipinski definition) is 7. The first kappa shape index (κ1) is 19.6. The highest BCUT2D eigenvalue weighted by atomic mass is 79.9. The molecule has 9 heteroatoms. The Labute approximate surface area is 204 Å². The summed E-state index contributed by atoms with van der Waals surface area (Å²) in [6.45, 7) is 0. The van der Waals surface area contributed by atoms with Gasteiger partial charge in [0.25, 0.3) is 0 Å². The molecule has 0 aliphatic carbocycles. The van der Waals surface area contributed by atoms with Crippen molar-refractivity contribution in [2.24, 2.45) is 0 Å². The Morgan fingerprint density at radius 2 is 1.88 bits per heavy atom. The molecule has 0 N–H and O–H groups in total. The summed E-state index contributed by atoms with van der Waals surface area (Å²) in [6.07, 6.45) is 1.59. The van der Waals surface area contributed by atoms with Gasteiger partial charge in [0.05, 0.1) is 22.4 Å². The van der Waals surface area contributed by atoms with Crippen LogP contribution in [0.4, 0.5) is 0 Å². The lowest BCUT2D eigenvalue weighted by atomic mass is 9.85. The van der Waals surface area contributed by atoms with Crippen molar-refractivity contribution in [1.29, 1.82) is 0 Å². The Bertz CT molecular complexity index is 1790. The van der Waals surface area contributed by atoms with Gasteiger partial charge in [-0.2, -0.15) is 11.3 Å². The fourth-order valence-electron chi connectivity index (χ4n) is 4.46. The number of ether oxygens (including phenoxy) is 1. The lowest BCUT2D eigenvalue weighted by Crippen LogP contribution is -2.22. The predicted molar refractivity (Wildman–Crippen MR) is 132 cm³/mol. The van der Waals surface area contributed by atoms with E-state index in [0.717, 1.165) is 21.0 Å². The summed E-state index contributed by atoms with van der Waals surface area (Å²) in [7, 11) is 0. The largest absolute Gasteiger partial charge is 0.437 e. The molecule has 34 heavy (non-hydrogen) atoms. The van der Waals surface area contributed by atoms with Gasteiger partial charge in [-0.1, -0.05) is 40.2 Å². The van der Waals surface area contributed by atoms with Gasteiger partial charge in [-0.05, 0) is 46.7 Å². The van der Waals surface area contributed by atoms with E-state index < -0.39 is 11.5 Å². The van der Waals surface area contributed by atoms with Crippen LogP contribution in [0.25, 0.3) is 28.0 Å². The SMILES string of the molecule is O=c1oc2ccccc2c2c1C(c1ccsc1)c1c(ncn3nc(-c4ccccc4Br)nc13)O2. The van der Waals surface area contributed by atoms with Crippen LogP contribution < -0.4 is 10.4 Å². The molecule has 7 rings (SSSR count). The molecule has 1 unspecified atom stereocenters. The highest BCUT2D eigenvalue weighted by molar-refractivity contribution is 9.10. The summed E-state index contributed by atoms with van der Waals surface area (Å²) in [5, 5.41) is 9.38. The molecule has 0 bridgehead atoms. The van der Waals surface area contributed by atoms with Gasteiger partial charge in [-0.15, -0.1) is 5.10 Å². The quantitative estimate of drug-likeness (QED) is 0.255. The topological polar surface area (TPSA) is 82.5 Å². The van der Waals surface area contributed by atoms with Gasteiger partial charge in [0.15, 0.2) is 17.2 Å². The molecule has 164 valence electrons. The first-order chi connectivity index (χ1) is 16.7. The van der Waals surface area contributed by atoms with Crippen molar-refractivity contribution in [2.45, 2.75) is 5.92 Å². The van der Waals surface area contributed by atoms with E-state index >= 15 is 0 Å². The number of thiophene rings is 1. The van der Waals surface area contributed by atoms with Crippen molar-refractivity contribution in [2.75, 3.05) is 0 Å². The molecule has 4 aromatic heterocycles. The molecule has 0 radical (unpaired) electrons. The highest BCUT2D eigenvalue weighted by Gasteiger charge is 2.37. The zero-order valence-corrected chi connectivity index (χ0v) is 19.7. The highest BCUT2D eigenvalue weighted by Crippen LogP contribution is 2.49.